The molecule has 0 fully saturated rings. The van der Waals surface area contributed by atoms with Crippen LogP contribution < -0.4 is 4.74 Å². The van der Waals surface area contributed by atoms with Crippen molar-refractivity contribution in [1.29, 1.82) is 0 Å². The van der Waals surface area contributed by atoms with Crippen molar-refractivity contribution in [3.8, 4) is 5.75 Å². The Morgan fingerprint density at radius 2 is 1.84 bits per heavy atom. The maximum absolute atomic E-state index is 5.70. The number of benzene rings is 1. The van der Waals surface area contributed by atoms with E-state index in [1.165, 1.54) is 11.1 Å². The number of nitrogens with zero attached hydrogens (tertiary/aromatic N) is 1. The van der Waals surface area contributed by atoms with Gasteiger partial charge in [-0.2, -0.15) is 0 Å². The molecule has 0 amide bonds. The molecule has 1 heterocycles. The largest absolute Gasteiger partial charge is 0.496 e. The number of H-pyrrole nitrogens is 1. The van der Waals surface area contributed by atoms with Crippen LogP contribution in [0.3, 0.4) is 0 Å². The third-order valence-electron chi connectivity index (χ3n) is 3.28. The smallest absolute Gasteiger partial charge is 0.127 e. The Labute approximate surface area is 115 Å². The van der Waals surface area contributed by atoms with Crippen LogP contribution in [-0.4, -0.2) is 17.1 Å². The van der Waals surface area contributed by atoms with Gasteiger partial charge >= 0.3 is 0 Å². The zero-order chi connectivity index (χ0) is 14.0. The van der Waals surface area contributed by atoms with Crippen LogP contribution >= 0.6 is 0 Å². The Balaban J connectivity index is 2.61. The monoisotopic (exact) mass is 260 g/mol. The quantitative estimate of drug-likeness (QED) is 0.883. The molecule has 1 aromatic heterocycles. The minimum atomic E-state index is 0.586. The molecule has 1 aromatic carbocycles. The summed E-state index contributed by atoms with van der Waals surface area (Å²) >= 11 is 0. The third kappa shape index (κ3) is 2.91. The number of aromatic nitrogens is 2. The van der Waals surface area contributed by atoms with Crippen molar-refractivity contribution in [2.24, 2.45) is 11.8 Å². The first-order valence-electron chi connectivity index (χ1n) is 7.04. The van der Waals surface area contributed by atoms with E-state index in [0.29, 0.717) is 11.8 Å². The Morgan fingerprint density at radius 1 is 1.16 bits per heavy atom. The van der Waals surface area contributed by atoms with Crippen molar-refractivity contribution < 1.29 is 4.74 Å². The molecule has 2 rings (SSSR count). The maximum atomic E-state index is 5.70. The van der Waals surface area contributed by atoms with Gasteiger partial charge in [0.25, 0.3) is 0 Å². The summed E-state index contributed by atoms with van der Waals surface area (Å²) in [7, 11) is 1.77. The molecule has 0 saturated carbocycles. The average Bonchev–Trinajstić information content (AvgIpc) is 2.75. The summed E-state index contributed by atoms with van der Waals surface area (Å²) < 4.78 is 5.70. The molecule has 0 saturated heterocycles. The number of imidazole rings is 1. The number of nitrogens with one attached hydrogen (secondary N) is 1. The number of hydrogen-bond donors (Lipinski definition) is 1. The minimum Gasteiger partial charge on any atom is -0.496 e. The summed E-state index contributed by atoms with van der Waals surface area (Å²) in [5.74, 6) is 2.23. The highest BCUT2D eigenvalue weighted by atomic mass is 16.5. The highest BCUT2D eigenvalue weighted by Crippen LogP contribution is 2.33. The fraction of sp³-hybridized carbons (Fsp3) is 0.562. The predicted octanol–water partition coefficient (Wildman–Crippen LogP) is 3.97. The van der Waals surface area contributed by atoms with Gasteiger partial charge in [0, 0.05) is 5.56 Å². The fourth-order valence-corrected chi connectivity index (χ4v) is 2.64. The van der Waals surface area contributed by atoms with E-state index in [1.54, 1.807) is 13.4 Å². The van der Waals surface area contributed by atoms with Crippen LogP contribution in [0.25, 0.3) is 11.0 Å². The summed E-state index contributed by atoms with van der Waals surface area (Å²) in [6, 6.07) is 2.19. The molecular weight excluding hydrogens is 236 g/mol. The molecule has 1 N–H and O–H groups in total. The number of methoxy groups -OCH3 is 1. The van der Waals surface area contributed by atoms with Gasteiger partial charge in [-0.15, -0.1) is 0 Å². The lowest BCUT2D eigenvalue weighted by Gasteiger charge is -2.17. The predicted molar refractivity (Wildman–Crippen MR) is 79.7 cm³/mol. The van der Waals surface area contributed by atoms with Crippen molar-refractivity contribution in [2.45, 2.75) is 40.5 Å². The van der Waals surface area contributed by atoms with Crippen LogP contribution in [0.5, 0.6) is 5.75 Å². The second-order valence-electron chi connectivity index (χ2n) is 6.04. The second-order valence-corrected chi connectivity index (χ2v) is 6.04. The van der Waals surface area contributed by atoms with Gasteiger partial charge in [-0.3, -0.25) is 0 Å². The van der Waals surface area contributed by atoms with Gasteiger partial charge in [0.05, 0.1) is 24.5 Å². The summed E-state index contributed by atoms with van der Waals surface area (Å²) in [4.78, 5) is 7.70. The molecule has 19 heavy (non-hydrogen) atoms. The maximum Gasteiger partial charge on any atom is 0.127 e. The summed E-state index contributed by atoms with van der Waals surface area (Å²) in [5, 5.41) is 0. The lowest BCUT2D eigenvalue weighted by molar-refractivity contribution is 0.400. The SMILES string of the molecule is COc1c(CC(C)C)cc2[nH]cnc2c1CC(C)C. The van der Waals surface area contributed by atoms with Crippen molar-refractivity contribution in [3.63, 3.8) is 0 Å². The van der Waals surface area contributed by atoms with Crippen LogP contribution in [0.4, 0.5) is 0 Å². The van der Waals surface area contributed by atoms with Crippen LogP contribution in [0.1, 0.15) is 38.8 Å². The number of hydrogen-bond acceptors (Lipinski definition) is 2. The van der Waals surface area contributed by atoms with Gasteiger partial charge in [0.2, 0.25) is 0 Å². The molecule has 0 unspecified atom stereocenters. The molecule has 3 heteroatoms. The molecule has 0 radical (unpaired) electrons. The van der Waals surface area contributed by atoms with Crippen LogP contribution in [0.15, 0.2) is 12.4 Å². The Kier molecular flexibility index (Phi) is 4.13. The van der Waals surface area contributed by atoms with E-state index in [0.717, 1.165) is 29.6 Å². The highest BCUT2D eigenvalue weighted by Gasteiger charge is 2.17. The highest BCUT2D eigenvalue weighted by molar-refractivity contribution is 5.82. The Morgan fingerprint density at radius 3 is 2.42 bits per heavy atom. The van der Waals surface area contributed by atoms with Crippen molar-refractivity contribution in [3.05, 3.63) is 23.5 Å². The van der Waals surface area contributed by atoms with E-state index in [4.69, 9.17) is 4.74 Å². The number of rotatable bonds is 5. The normalized spacial score (nSPS) is 11.7. The van der Waals surface area contributed by atoms with Crippen molar-refractivity contribution >= 4 is 11.0 Å². The lowest BCUT2D eigenvalue weighted by atomic mass is 9.94. The van der Waals surface area contributed by atoms with Gasteiger partial charge in [-0.25, -0.2) is 4.98 Å². The van der Waals surface area contributed by atoms with Crippen LogP contribution in [0.2, 0.25) is 0 Å². The molecule has 0 atom stereocenters. The first kappa shape index (κ1) is 13.9. The van der Waals surface area contributed by atoms with E-state index in [-0.39, 0.29) is 0 Å². The summed E-state index contributed by atoms with van der Waals surface area (Å²) in [5.41, 5.74) is 4.70. The minimum absolute atomic E-state index is 0.586. The van der Waals surface area contributed by atoms with E-state index in [2.05, 4.69) is 43.7 Å². The van der Waals surface area contributed by atoms with Gasteiger partial charge in [-0.05, 0) is 36.3 Å². The molecule has 0 aliphatic heterocycles. The molecule has 0 spiro atoms. The second kappa shape index (κ2) is 5.64. The zero-order valence-corrected chi connectivity index (χ0v) is 12.6. The average molecular weight is 260 g/mol. The van der Waals surface area contributed by atoms with Crippen LogP contribution in [-0.2, 0) is 12.8 Å². The molecule has 0 bridgehead atoms. The number of ether oxygens (including phenoxy) is 1. The lowest BCUT2D eigenvalue weighted by Crippen LogP contribution is -2.04. The van der Waals surface area contributed by atoms with E-state index < -0.39 is 0 Å². The van der Waals surface area contributed by atoms with Crippen LogP contribution in [0, 0.1) is 11.8 Å². The van der Waals surface area contributed by atoms with E-state index in [9.17, 15) is 0 Å². The van der Waals surface area contributed by atoms with Gasteiger partial charge in [0.1, 0.15) is 5.75 Å². The van der Waals surface area contributed by atoms with E-state index >= 15 is 0 Å². The molecule has 0 aliphatic carbocycles. The summed E-state index contributed by atoms with van der Waals surface area (Å²) in [6.45, 7) is 8.93. The Hall–Kier alpha value is -1.51. The zero-order valence-electron chi connectivity index (χ0n) is 12.6. The first-order chi connectivity index (χ1) is 9.02. The van der Waals surface area contributed by atoms with Gasteiger partial charge in [-0.1, -0.05) is 27.7 Å². The standard InChI is InChI=1S/C16H24N2O/c1-10(2)6-12-8-14-15(18-9-17-14)13(7-11(3)4)16(12)19-5/h8-11H,6-7H2,1-5H3,(H,17,18). The van der Waals surface area contributed by atoms with Crippen molar-refractivity contribution in [2.75, 3.05) is 7.11 Å². The van der Waals surface area contributed by atoms with Gasteiger partial charge < -0.3 is 9.72 Å². The number of aromatic amines is 1. The molecule has 104 valence electrons. The molecular formula is C16H24N2O. The first-order valence-corrected chi connectivity index (χ1v) is 7.04. The molecule has 2 aromatic rings. The third-order valence-corrected chi connectivity index (χ3v) is 3.28. The fourth-order valence-electron chi connectivity index (χ4n) is 2.64. The molecule has 3 nitrogen and oxygen atoms in total. The summed E-state index contributed by atoms with van der Waals surface area (Å²) in [6.07, 6.45) is 3.80. The van der Waals surface area contributed by atoms with Gasteiger partial charge in [0.15, 0.2) is 0 Å². The van der Waals surface area contributed by atoms with E-state index in [1.807, 2.05) is 0 Å². The molecule has 0 aliphatic rings. The Bertz CT molecular complexity index is 555. The van der Waals surface area contributed by atoms with Crippen molar-refractivity contribution in [1.82, 2.24) is 9.97 Å². The topological polar surface area (TPSA) is 37.9 Å². The number of fused-ring (bicyclic) bond motifs is 1.